The first-order valence-corrected chi connectivity index (χ1v) is 10.8. The van der Waals surface area contributed by atoms with Gasteiger partial charge in [0.25, 0.3) is 5.91 Å². The third-order valence-corrected chi connectivity index (χ3v) is 6.33. The number of benzene rings is 1. The van der Waals surface area contributed by atoms with E-state index in [1.165, 1.54) is 5.56 Å². The molecule has 0 bridgehead atoms. The predicted molar refractivity (Wildman–Crippen MR) is 115 cm³/mol. The van der Waals surface area contributed by atoms with Crippen molar-refractivity contribution in [1.29, 1.82) is 0 Å². The Hall–Kier alpha value is -3.16. The van der Waals surface area contributed by atoms with Crippen molar-refractivity contribution in [2.24, 2.45) is 7.05 Å². The van der Waals surface area contributed by atoms with Crippen molar-refractivity contribution < 1.29 is 14.4 Å². The van der Waals surface area contributed by atoms with E-state index in [4.69, 9.17) is 0 Å². The molecule has 1 atom stereocenters. The smallest absolute Gasteiger partial charge is 0.254 e. The Bertz CT molecular complexity index is 977. The quantitative estimate of drug-likeness (QED) is 0.811. The van der Waals surface area contributed by atoms with Crippen LogP contribution in [0.1, 0.15) is 53.7 Å². The molecule has 1 N–H and O–H groups in total. The van der Waals surface area contributed by atoms with Gasteiger partial charge in [0, 0.05) is 45.8 Å². The van der Waals surface area contributed by atoms with Crippen molar-refractivity contribution in [3.05, 3.63) is 53.3 Å². The van der Waals surface area contributed by atoms with Crippen molar-refractivity contribution >= 4 is 17.7 Å². The molecular weight excluding hydrogens is 394 g/mol. The van der Waals surface area contributed by atoms with Crippen molar-refractivity contribution in [3.8, 4) is 0 Å². The number of aryl methyl sites for hydroxylation is 1. The fraction of sp³-hybridized carbons (Fsp3) is 0.478. The van der Waals surface area contributed by atoms with Crippen LogP contribution in [0.5, 0.6) is 0 Å². The topological polar surface area (TPSA) is 87.5 Å². The lowest BCUT2D eigenvalue weighted by molar-refractivity contribution is -0.137. The molecule has 8 nitrogen and oxygen atoms in total. The van der Waals surface area contributed by atoms with Gasteiger partial charge in [0.05, 0.1) is 24.2 Å². The second kappa shape index (κ2) is 8.91. The molecular formula is C23H29N5O3. The van der Waals surface area contributed by atoms with E-state index in [1.807, 2.05) is 28.0 Å². The Morgan fingerprint density at radius 1 is 1.13 bits per heavy atom. The number of nitrogens with one attached hydrogen (secondary N) is 1. The van der Waals surface area contributed by atoms with E-state index in [9.17, 15) is 14.4 Å². The number of rotatable bonds is 4. The first kappa shape index (κ1) is 21.1. The number of carbonyl (C=O) groups excluding carboxylic acids is 3. The molecule has 0 aliphatic carbocycles. The summed E-state index contributed by atoms with van der Waals surface area (Å²) in [5.41, 5.74) is 2.84. The number of nitrogens with zero attached hydrogens (tertiary/aromatic N) is 4. The number of hydrogen-bond donors (Lipinski definition) is 1. The summed E-state index contributed by atoms with van der Waals surface area (Å²) in [7, 11) is 1.78. The fourth-order valence-corrected chi connectivity index (χ4v) is 4.62. The van der Waals surface area contributed by atoms with E-state index in [1.54, 1.807) is 31.0 Å². The summed E-state index contributed by atoms with van der Waals surface area (Å²) in [5.74, 6) is -0.0668. The normalized spacial score (nSPS) is 19.1. The molecule has 1 unspecified atom stereocenters. The van der Waals surface area contributed by atoms with Gasteiger partial charge < -0.3 is 15.1 Å². The molecule has 3 heterocycles. The van der Waals surface area contributed by atoms with Gasteiger partial charge >= 0.3 is 0 Å². The lowest BCUT2D eigenvalue weighted by Gasteiger charge is -2.38. The van der Waals surface area contributed by atoms with Crippen LogP contribution in [0.15, 0.2) is 36.7 Å². The lowest BCUT2D eigenvalue weighted by Crippen LogP contribution is -2.48. The van der Waals surface area contributed by atoms with Crippen LogP contribution in [0.4, 0.5) is 0 Å². The SMILES string of the molecule is CC(=O)N1CCc2ccccc2C1CC(=O)N1CCC(NC(=O)c2cnn(C)c2)CC1. The third kappa shape index (κ3) is 4.62. The van der Waals surface area contributed by atoms with E-state index in [0.717, 1.165) is 24.8 Å². The predicted octanol–water partition coefficient (Wildman–Crippen LogP) is 1.68. The second-order valence-corrected chi connectivity index (χ2v) is 8.41. The zero-order chi connectivity index (χ0) is 22.0. The highest BCUT2D eigenvalue weighted by Gasteiger charge is 2.33. The number of carbonyl (C=O) groups is 3. The van der Waals surface area contributed by atoms with Gasteiger partial charge in [-0.2, -0.15) is 5.10 Å². The van der Waals surface area contributed by atoms with Crippen molar-refractivity contribution in [2.45, 2.75) is 44.7 Å². The number of amides is 3. The average Bonchev–Trinajstić information content (AvgIpc) is 3.20. The van der Waals surface area contributed by atoms with E-state index >= 15 is 0 Å². The largest absolute Gasteiger partial charge is 0.349 e. The molecule has 3 amide bonds. The molecule has 1 saturated heterocycles. The van der Waals surface area contributed by atoms with Crippen LogP contribution in [0.2, 0.25) is 0 Å². The summed E-state index contributed by atoms with van der Waals surface area (Å²) >= 11 is 0. The van der Waals surface area contributed by atoms with E-state index in [2.05, 4.69) is 16.5 Å². The number of piperidine rings is 1. The Morgan fingerprint density at radius 2 is 1.87 bits per heavy atom. The minimum atomic E-state index is -0.210. The van der Waals surface area contributed by atoms with E-state index < -0.39 is 0 Å². The van der Waals surface area contributed by atoms with E-state index in [0.29, 0.717) is 31.6 Å². The zero-order valence-electron chi connectivity index (χ0n) is 18.1. The Morgan fingerprint density at radius 3 is 2.55 bits per heavy atom. The number of fused-ring (bicyclic) bond motifs is 1. The van der Waals surface area contributed by atoms with Gasteiger partial charge in [-0.15, -0.1) is 0 Å². The zero-order valence-corrected chi connectivity index (χ0v) is 18.1. The minimum Gasteiger partial charge on any atom is -0.349 e. The molecule has 0 spiro atoms. The first-order valence-electron chi connectivity index (χ1n) is 10.8. The van der Waals surface area contributed by atoms with Crippen LogP contribution in [-0.2, 0) is 23.1 Å². The van der Waals surface area contributed by atoms with Gasteiger partial charge in [-0.25, -0.2) is 0 Å². The molecule has 2 aromatic rings. The maximum absolute atomic E-state index is 13.1. The van der Waals surface area contributed by atoms with Gasteiger partial charge in [0.1, 0.15) is 0 Å². The number of hydrogen-bond acceptors (Lipinski definition) is 4. The molecule has 1 fully saturated rings. The highest BCUT2D eigenvalue weighted by molar-refractivity contribution is 5.93. The maximum atomic E-state index is 13.1. The summed E-state index contributed by atoms with van der Waals surface area (Å²) in [4.78, 5) is 41.3. The monoisotopic (exact) mass is 423 g/mol. The standard InChI is InChI=1S/C23H29N5O3/c1-16(29)28-12-7-17-5-3-4-6-20(17)21(28)13-22(30)27-10-8-19(9-11-27)25-23(31)18-14-24-26(2)15-18/h3-6,14-15,19,21H,7-13H2,1-2H3,(H,25,31). The first-order chi connectivity index (χ1) is 14.9. The van der Waals surface area contributed by atoms with Gasteiger partial charge in [-0.1, -0.05) is 24.3 Å². The van der Waals surface area contributed by atoms with Gasteiger partial charge in [-0.3, -0.25) is 19.1 Å². The molecule has 2 aliphatic heterocycles. The molecule has 2 aliphatic rings. The molecule has 31 heavy (non-hydrogen) atoms. The van der Waals surface area contributed by atoms with Crippen molar-refractivity contribution in [1.82, 2.24) is 24.9 Å². The Labute approximate surface area is 182 Å². The highest BCUT2D eigenvalue weighted by Crippen LogP contribution is 2.33. The molecule has 0 radical (unpaired) electrons. The van der Waals surface area contributed by atoms with Crippen LogP contribution in [0.3, 0.4) is 0 Å². The third-order valence-electron chi connectivity index (χ3n) is 6.33. The average molecular weight is 424 g/mol. The van der Waals surface area contributed by atoms with Crippen molar-refractivity contribution in [2.75, 3.05) is 19.6 Å². The summed E-state index contributed by atoms with van der Waals surface area (Å²) in [6.45, 7) is 3.42. The van der Waals surface area contributed by atoms with Crippen LogP contribution in [0, 0.1) is 0 Å². The van der Waals surface area contributed by atoms with Crippen LogP contribution < -0.4 is 5.32 Å². The minimum absolute atomic E-state index is 0.00382. The molecule has 164 valence electrons. The summed E-state index contributed by atoms with van der Waals surface area (Å²) in [5, 5.41) is 7.07. The summed E-state index contributed by atoms with van der Waals surface area (Å²) in [6, 6.07) is 7.92. The fourth-order valence-electron chi connectivity index (χ4n) is 4.62. The summed E-state index contributed by atoms with van der Waals surface area (Å²) in [6.07, 6.45) is 5.80. The van der Waals surface area contributed by atoms with Crippen molar-refractivity contribution in [3.63, 3.8) is 0 Å². The Balaban J connectivity index is 1.35. The summed E-state index contributed by atoms with van der Waals surface area (Å²) < 4.78 is 1.60. The molecule has 1 aromatic carbocycles. The molecule has 0 saturated carbocycles. The lowest BCUT2D eigenvalue weighted by atomic mass is 9.90. The van der Waals surface area contributed by atoms with E-state index in [-0.39, 0.29) is 29.8 Å². The Kier molecular flexibility index (Phi) is 6.06. The van der Waals surface area contributed by atoms with Gasteiger partial charge in [0.2, 0.25) is 11.8 Å². The molecule has 8 heteroatoms. The van der Waals surface area contributed by atoms with Crippen LogP contribution in [-0.4, -0.2) is 63.0 Å². The number of aromatic nitrogens is 2. The van der Waals surface area contributed by atoms with Gasteiger partial charge in [-0.05, 0) is 30.4 Å². The highest BCUT2D eigenvalue weighted by atomic mass is 16.2. The number of likely N-dealkylation sites (tertiary alicyclic amines) is 1. The molecule has 1 aromatic heterocycles. The maximum Gasteiger partial charge on any atom is 0.254 e. The van der Waals surface area contributed by atoms with Crippen LogP contribution in [0.25, 0.3) is 0 Å². The van der Waals surface area contributed by atoms with Gasteiger partial charge in [0.15, 0.2) is 0 Å². The molecule has 4 rings (SSSR count). The second-order valence-electron chi connectivity index (χ2n) is 8.41. The van der Waals surface area contributed by atoms with Crippen LogP contribution >= 0.6 is 0 Å².